The molecule has 0 spiro atoms. The SMILES string of the molecule is CC[C@H](C)NC(=O)C(=O)N/N=C\c1cc(OC)c([O-])c([N+](=O)[O-])c1. The number of nitro groups is 1. The van der Waals surface area contributed by atoms with Gasteiger partial charge in [0.05, 0.1) is 18.2 Å². The van der Waals surface area contributed by atoms with Crippen LogP contribution in [0.5, 0.6) is 11.5 Å². The van der Waals surface area contributed by atoms with Crippen molar-refractivity contribution >= 4 is 23.7 Å². The summed E-state index contributed by atoms with van der Waals surface area (Å²) in [5, 5.41) is 28.5. The van der Waals surface area contributed by atoms with Crippen molar-refractivity contribution in [2.24, 2.45) is 5.10 Å². The van der Waals surface area contributed by atoms with Crippen molar-refractivity contribution in [2.45, 2.75) is 26.3 Å². The Kier molecular flexibility index (Phi) is 6.65. The van der Waals surface area contributed by atoms with E-state index in [0.29, 0.717) is 6.42 Å². The number of carbonyl (C=O) groups is 2. The molecular weight excluding hydrogens is 320 g/mol. The summed E-state index contributed by atoms with van der Waals surface area (Å²) in [5.74, 6) is -2.92. The lowest BCUT2D eigenvalue weighted by Gasteiger charge is -2.13. The Labute approximate surface area is 137 Å². The van der Waals surface area contributed by atoms with Crippen molar-refractivity contribution < 1.29 is 24.4 Å². The molecule has 0 saturated heterocycles. The molecule has 0 radical (unpaired) electrons. The van der Waals surface area contributed by atoms with Crippen LogP contribution in [0.2, 0.25) is 0 Å². The maximum Gasteiger partial charge on any atom is 0.329 e. The molecule has 1 aromatic rings. The number of benzene rings is 1. The van der Waals surface area contributed by atoms with Crippen LogP contribution in [0.1, 0.15) is 25.8 Å². The maximum atomic E-state index is 11.7. The summed E-state index contributed by atoms with van der Waals surface area (Å²) >= 11 is 0. The second kappa shape index (κ2) is 8.46. The molecular formula is C14H17N4O6-. The molecule has 1 aromatic carbocycles. The predicted molar refractivity (Wildman–Crippen MR) is 82.7 cm³/mol. The van der Waals surface area contributed by atoms with Crippen LogP contribution in [0.3, 0.4) is 0 Å². The van der Waals surface area contributed by atoms with E-state index in [0.717, 1.165) is 12.3 Å². The third-order valence-electron chi connectivity index (χ3n) is 3.05. The van der Waals surface area contributed by atoms with Gasteiger partial charge in [0.15, 0.2) is 0 Å². The smallest absolute Gasteiger partial charge is 0.329 e. The molecule has 0 aromatic heterocycles. The number of rotatable bonds is 6. The largest absolute Gasteiger partial charge is 0.865 e. The van der Waals surface area contributed by atoms with E-state index in [2.05, 4.69) is 10.4 Å². The topological polar surface area (TPSA) is 146 Å². The molecule has 130 valence electrons. The number of ether oxygens (including phenoxy) is 1. The van der Waals surface area contributed by atoms with E-state index in [1.54, 1.807) is 6.92 Å². The van der Waals surface area contributed by atoms with Crippen molar-refractivity contribution in [3.8, 4) is 11.5 Å². The highest BCUT2D eigenvalue weighted by Gasteiger charge is 2.15. The van der Waals surface area contributed by atoms with Gasteiger partial charge in [-0.25, -0.2) is 5.43 Å². The number of nitro benzene ring substituents is 1. The third kappa shape index (κ3) is 4.93. The molecule has 2 N–H and O–H groups in total. The Morgan fingerprint density at radius 1 is 1.42 bits per heavy atom. The van der Waals surface area contributed by atoms with Crippen LogP contribution in [-0.4, -0.2) is 36.1 Å². The van der Waals surface area contributed by atoms with Gasteiger partial charge in [-0.3, -0.25) is 19.7 Å². The quantitative estimate of drug-likeness (QED) is 0.324. The molecule has 0 heterocycles. The Bertz CT molecular complexity index is 673. The minimum absolute atomic E-state index is 0.154. The first-order valence-electron chi connectivity index (χ1n) is 6.97. The molecule has 10 nitrogen and oxygen atoms in total. The Hall–Kier alpha value is -3.17. The molecule has 10 heteroatoms. The van der Waals surface area contributed by atoms with E-state index < -0.39 is 28.2 Å². The zero-order valence-electron chi connectivity index (χ0n) is 13.4. The van der Waals surface area contributed by atoms with E-state index in [1.807, 2.05) is 12.3 Å². The number of hydrogen-bond donors (Lipinski definition) is 2. The summed E-state index contributed by atoms with van der Waals surface area (Å²) in [6.07, 6.45) is 1.72. The molecule has 1 atom stereocenters. The number of amides is 2. The lowest BCUT2D eigenvalue weighted by atomic mass is 10.2. The second-order valence-electron chi connectivity index (χ2n) is 4.81. The van der Waals surface area contributed by atoms with Crippen LogP contribution in [-0.2, 0) is 9.59 Å². The van der Waals surface area contributed by atoms with Gasteiger partial charge in [-0.1, -0.05) is 6.92 Å². The van der Waals surface area contributed by atoms with Gasteiger partial charge in [0.2, 0.25) is 0 Å². The Balaban J connectivity index is 2.84. The van der Waals surface area contributed by atoms with Crippen molar-refractivity contribution in [3.05, 3.63) is 27.8 Å². The zero-order chi connectivity index (χ0) is 18.3. The average molecular weight is 337 g/mol. The number of carbonyl (C=O) groups excluding carboxylic acids is 2. The summed E-state index contributed by atoms with van der Waals surface area (Å²) in [5.41, 5.74) is 1.46. The summed E-state index contributed by atoms with van der Waals surface area (Å²) in [7, 11) is 1.20. The van der Waals surface area contributed by atoms with Crippen molar-refractivity contribution in [1.82, 2.24) is 10.7 Å². The fourth-order valence-electron chi connectivity index (χ4n) is 1.58. The molecule has 2 amide bonds. The van der Waals surface area contributed by atoms with Gasteiger partial charge in [0, 0.05) is 23.4 Å². The van der Waals surface area contributed by atoms with E-state index in [4.69, 9.17) is 4.74 Å². The average Bonchev–Trinajstić information content (AvgIpc) is 2.55. The van der Waals surface area contributed by atoms with Crippen LogP contribution >= 0.6 is 0 Å². The minimum Gasteiger partial charge on any atom is -0.865 e. The first kappa shape index (κ1) is 18.9. The molecule has 0 aliphatic rings. The molecule has 0 bridgehead atoms. The molecule has 0 aliphatic heterocycles. The molecule has 0 unspecified atom stereocenters. The van der Waals surface area contributed by atoms with Crippen LogP contribution in [0.15, 0.2) is 17.2 Å². The number of hydrazone groups is 1. The lowest BCUT2D eigenvalue weighted by Crippen LogP contribution is -2.41. The molecule has 1 rings (SSSR count). The van der Waals surface area contributed by atoms with Crippen LogP contribution in [0.25, 0.3) is 0 Å². The van der Waals surface area contributed by atoms with Gasteiger partial charge >= 0.3 is 11.8 Å². The monoisotopic (exact) mass is 337 g/mol. The van der Waals surface area contributed by atoms with Gasteiger partial charge < -0.3 is 15.2 Å². The summed E-state index contributed by atoms with van der Waals surface area (Å²) in [4.78, 5) is 33.0. The van der Waals surface area contributed by atoms with E-state index in [1.165, 1.54) is 13.2 Å². The first-order valence-corrected chi connectivity index (χ1v) is 6.97. The van der Waals surface area contributed by atoms with Gasteiger partial charge in [-0.2, -0.15) is 5.10 Å². The number of methoxy groups -OCH3 is 1. The van der Waals surface area contributed by atoms with Crippen LogP contribution < -0.4 is 20.6 Å². The highest BCUT2D eigenvalue weighted by molar-refractivity contribution is 6.35. The third-order valence-corrected chi connectivity index (χ3v) is 3.05. The number of nitrogens with one attached hydrogen (secondary N) is 2. The molecule has 0 saturated carbocycles. The van der Waals surface area contributed by atoms with Crippen LogP contribution in [0, 0.1) is 10.1 Å². The summed E-state index contributed by atoms with van der Waals surface area (Å²) < 4.78 is 4.77. The first-order chi connectivity index (χ1) is 11.3. The Morgan fingerprint density at radius 3 is 2.62 bits per heavy atom. The fourth-order valence-corrected chi connectivity index (χ4v) is 1.58. The number of nitrogens with zero attached hydrogens (tertiary/aromatic N) is 2. The standard InChI is InChI=1S/C14H18N4O6/c1-4-8(2)16-13(20)14(21)17-15-7-9-5-10(18(22)23)12(19)11(6-9)24-3/h5-8,19H,4H2,1-3H3,(H,16,20)(H,17,21)/p-1/b15-7-/t8-/m0/s1. The van der Waals surface area contributed by atoms with Crippen molar-refractivity contribution in [2.75, 3.05) is 7.11 Å². The molecule has 24 heavy (non-hydrogen) atoms. The minimum atomic E-state index is -0.978. The molecule has 0 aliphatic carbocycles. The van der Waals surface area contributed by atoms with Crippen molar-refractivity contribution in [1.29, 1.82) is 0 Å². The maximum absolute atomic E-state index is 11.7. The summed E-state index contributed by atoms with van der Waals surface area (Å²) in [6.45, 7) is 3.59. The lowest BCUT2D eigenvalue weighted by molar-refractivity contribution is -0.398. The molecule has 0 fully saturated rings. The highest BCUT2D eigenvalue weighted by atomic mass is 16.6. The zero-order valence-corrected chi connectivity index (χ0v) is 13.4. The fraction of sp³-hybridized carbons (Fsp3) is 0.357. The number of hydrogen-bond acceptors (Lipinski definition) is 7. The van der Waals surface area contributed by atoms with Gasteiger partial charge in [0.1, 0.15) is 5.75 Å². The van der Waals surface area contributed by atoms with Gasteiger partial charge in [-0.15, -0.1) is 0 Å². The highest BCUT2D eigenvalue weighted by Crippen LogP contribution is 2.33. The predicted octanol–water partition coefficient (Wildman–Crippen LogP) is 0.0418. The van der Waals surface area contributed by atoms with Gasteiger partial charge in [-0.05, 0) is 19.4 Å². The van der Waals surface area contributed by atoms with E-state index in [-0.39, 0.29) is 17.4 Å². The normalized spacial score (nSPS) is 11.8. The van der Waals surface area contributed by atoms with Gasteiger partial charge in [0.25, 0.3) is 5.69 Å². The van der Waals surface area contributed by atoms with Crippen molar-refractivity contribution in [3.63, 3.8) is 0 Å². The second-order valence-corrected chi connectivity index (χ2v) is 4.81. The van der Waals surface area contributed by atoms with E-state index >= 15 is 0 Å². The summed E-state index contributed by atoms with van der Waals surface area (Å²) in [6, 6.07) is 2.05. The van der Waals surface area contributed by atoms with E-state index in [9.17, 15) is 24.8 Å². The van der Waals surface area contributed by atoms with Crippen LogP contribution in [0.4, 0.5) is 5.69 Å². The Morgan fingerprint density at radius 2 is 2.08 bits per heavy atom.